The van der Waals surface area contributed by atoms with Crippen LogP contribution in [0.4, 0.5) is 0 Å². The third kappa shape index (κ3) is 16.3. The van der Waals surface area contributed by atoms with Crippen LogP contribution in [0.5, 0.6) is 0 Å². The number of hydrogen-bond acceptors (Lipinski definition) is 6. The Morgan fingerprint density at radius 1 is 0.652 bits per heavy atom. The maximum Gasteiger partial charge on any atom is 0.331 e. The van der Waals surface area contributed by atoms with E-state index < -0.39 is 6.89 Å². The predicted molar refractivity (Wildman–Crippen MR) is 210 cm³/mol. The second-order valence-corrected chi connectivity index (χ2v) is 14.6. The Balaban J connectivity index is 0.000000755. The summed E-state index contributed by atoms with van der Waals surface area (Å²) in [4.78, 5) is 33.0. The van der Waals surface area contributed by atoms with Crippen LogP contribution in [0, 0.1) is 0 Å². The summed E-state index contributed by atoms with van der Waals surface area (Å²) in [5.74, 6) is 1.33. The van der Waals surface area contributed by atoms with E-state index in [1.54, 1.807) is 5.80 Å². The number of halogens is 4. The standard InChI is InChI=1S/C21H19O2P.C6H8Br2O2.C4H8O.C3H4Br2O.CH4/c1-23-21(22)17-24(18-11-5-2-6-12-18,19-13-7-3-8-14-19)20-15-9-4-10-16-20;1-10-6(9)2-5(3-7)4-8;1-2-4-5-3-1;4-1-3(6)2-5;/h2-17H,1H3;2H,3-4H2,1H3;1-4H2;1-2H2;1H4. The van der Waals surface area contributed by atoms with Crippen molar-refractivity contribution in [2.24, 2.45) is 0 Å². The molecule has 11 heteroatoms. The zero-order chi connectivity index (χ0) is 33.3. The Hall–Kier alpha value is -1.81. The van der Waals surface area contributed by atoms with Gasteiger partial charge in [-0.3, -0.25) is 4.79 Å². The van der Waals surface area contributed by atoms with Crippen molar-refractivity contribution < 1.29 is 28.6 Å². The summed E-state index contributed by atoms with van der Waals surface area (Å²) in [5.41, 5.74) is 0.965. The van der Waals surface area contributed by atoms with E-state index in [0.29, 0.717) is 21.3 Å². The summed E-state index contributed by atoms with van der Waals surface area (Å²) in [6.07, 6.45) is 4.02. The van der Waals surface area contributed by atoms with Gasteiger partial charge in [0.15, 0.2) is 5.78 Å². The summed E-state index contributed by atoms with van der Waals surface area (Å²) in [7, 11) is 2.79. The van der Waals surface area contributed by atoms with Gasteiger partial charge in [0.05, 0.1) is 24.9 Å². The number of ether oxygens (including phenoxy) is 3. The number of carbonyl (C=O) groups is 3. The second kappa shape index (κ2) is 27.2. The minimum Gasteiger partial charge on any atom is -0.466 e. The zero-order valence-electron chi connectivity index (χ0n) is 25.4. The van der Waals surface area contributed by atoms with Crippen LogP contribution >= 0.6 is 70.6 Å². The van der Waals surface area contributed by atoms with Gasteiger partial charge < -0.3 is 14.2 Å². The van der Waals surface area contributed by atoms with Crippen LogP contribution in [0.2, 0.25) is 0 Å². The molecule has 0 spiro atoms. The molecule has 1 fully saturated rings. The highest BCUT2D eigenvalue weighted by atomic mass is 79.9. The van der Waals surface area contributed by atoms with E-state index in [1.807, 2.05) is 54.6 Å². The highest BCUT2D eigenvalue weighted by Gasteiger charge is 2.26. The minimum atomic E-state index is -2.23. The number of hydrogen-bond donors (Lipinski definition) is 0. The van der Waals surface area contributed by atoms with Crippen LogP contribution in [-0.4, -0.2) is 72.3 Å². The van der Waals surface area contributed by atoms with E-state index in [9.17, 15) is 14.4 Å². The molecular formula is C35H43Br4O6P. The molecule has 0 N–H and O–H groups in total. The third-order valence-corrected chi connectivity index (χ3v) is 12.6. The third-order valence-electron chi connectivity index (χ3n) is 5.98. The normalized spacial score (nSPS) is 11.3. The number of benzene rings is 3. The Bertz CT molecular complexity index is 1230. The number of ketones is 1. The molecule has 3 aromatic carbocycles. The molecule has 6 nitrogen and oxygen atoms in total. The lowest BCUT2D eigenvalue weighted by atomic mass is 10.3. The molecule has 3 aromatic rings. The number of carbonyl (C=O) groups excluding carboxylic acids is 3. The molecule has 0 saturated carbocycles. The van der Waals surface area contributed by atoms with Crippen molar-refractivity contribution in [3.05, 3.63) is 103 Å². The van der Waals surface area contributed by atoms with Gasteiger partial charge >= 0.3 is 11.9 Å². The van der Waals surface area contributed by atoms with Gasteiger partial charge in [-0.2, -0.15) is 0 Å². The van der Waals surface area contributed by atoms with Crippen LogP contribution in [0.15, 0.2) is 103 Å². The van der Waals surface area contributed by atoms with Crippen molar-refractivity contribution in [2.45, 2.75) is 20.3 Å². The van der Waals surface area contributed by atoms with Gasteiger partial charge in [-0.1, -0.05) is 162 Å². The van der Waals surface area contributed by atoms with Crippen molar-refractivity contribution in [2.75, 3.05) is 48.8 Å². The summed E-state index contributed by atoms with van der Waals surface area (Å²) >= 11 is 12.4. The zero-order valence-corrected chi connectivity index (χ0v) is 32.6. The molecule has 252 valence electrons. The molecule has 1 heterocycles. The van der Waals surface area contributed by atoms with Crippen molar-refractivity contribution in [3.63, 3.8) is 0 Å². The fraction of sp³-hybridized carbons (Fsp3) is 0.314. The fourth-order valence-corrected chi connectivity index (χ4v) is 9.63. The molecule has 1 saturated heterocycles. The first-order valence-corrected chi connectivity index (χ1v) is 20.3. The summed E-state index contributed by atoms with van der Waals surface area (Å²) in [6.45, 7) is -0.225. The Morgan fingerprint density at radius 2 is 1.02 bits per heavy atom. The van der Waals surface area contributed by atoms with Crippen LogP contribution < -0.4 is 15.9 Å². The van der Waals surface area contributed by atoms with Crippen molar-refractivity contribution in [1.82, 2.24) is 0 Å². The van der Waals surface area contributed by atoms with Crippen LogP contribution in [-0.2, 0) is 28.6 Å². The van der Waals surface area contributed by atoms with Crippen LogP contribution in [0.3, 0.4) is 0 Å². The molecule has 0 aromatic heterocycles. The lowest BCUT2D eigenvalue weighted by Crippen LogP contribution is -2.28. The molecule has 0 unspecified atom stereocenters. The monoisotopic (exact) mass is 906 g/mol. The molecule has 0 amide bonds. The number of esters is 2. The van der Waals surface area contributed by atoms with Gasteiger partial charge in [0, 0.05) is 35.7 Å². The Kier molecular flexibility index (Phi) is 26.1. The van der Waals surface area contributed by atoms with Crippen molar-refractivity contribution >= 4 is 110 Å². The van der Waals surface area contributed by atoms with Gasteiger partial charge in [-0.15, -0.1) is 0 Å². The highest BCUT2D eigenvalue weighted by molar-refractivity contribution is 9.10. The van der Waals surface area contributed by atoms with E-state index in [1.165, 1.54) is 33.1 Å². The first kappa shape index (κ1) is 44.2. The van der Waals surface area contributed by atoms with Gasteiger partial charge in [-0.25, -0.2) is 9.59 Å². The van der Waals surface area contributed by atoms with Gasteiger partial charge in [0.1, 0.15) is 0 Å². The molecule has 0 radical (unpaired) electrons. The summed E-state index contributed by atoms with van der Waals surface area (Å²) < 4.78 is 14.4. The topological polar surface area (TPSA) is 78.9 Å². The molecule has 0 bridgehead atoms. The number of allylic oxidation sites excluding steroid dienone is 1. The van der Waals surface area contributed by atoms with Gasteiger partial charge in [0.25, 0.3) is 0 Å². The number of alkyl halides is 4. The molecule has 1 aliphatic rings. The maximum absolute atomic E-state index is 12.3. The van der Waals surface area contributed by atoms with E-state index in [4.69, 9.17) is 9.47 Å². The van der Waals surface area contributed by atoms with Crippen LogP contribution in [0.25, 0.3) is 0 Å². The lowest BCUT2D eigenvalue weighted by molar-refractivity contribution is -0.135. The Labute approximate surface area is 308 Å². The number of rotatable bonds is 9. The average molecular weight is 910 g/mol. The van der Waals surface area contributed by atoms with E-state index in [0.717, 1.165) is 34.7 Å². The van der Waals surface area contributed by atoms with E-state index in [-0.39, 0.29) is 25.1 Å². The lowest BCUT2D eigenvalue weighted by Gasteiger charge is -2.28. The van der Waals surface area contributed by atoms with Crippen molar-refractivity contribution in [3.8, 4) is 0 Å². The van der Waals surface area contributed by atoms with Gasteiger partial charge in [0.2, 0.25) is 0 Å². The molecule has 1 aliphatic heterocycles. The van der Waals surface area contributed by atoms with E-state index >= 15 is 0 Å². The average Bonchev–Trinajstić information content (AvgIpc) is 3.71. The number of Topliss-reactive ketones (excluding diaryl/α,β-unsaturated/α-hetero) is 1. The molecule has 46 heavy (non-hydrogen) atoms. The number of methoxy groups -OCH3 is 2. The summed E-state index contributed by atoms with van der Waals surface area (Å²) in [5, 5.41) is 5.69. The minimum absolute atomic E-state index is 0. The first-order valence-electron chi connectivity index (χ1n) is 13.9. The first-order chi connectivity index (χ1) is 21.8. The smallest absolute Gasteiger partial charge is 0.331 e. The molecule has 0 aliphatic carbocycles. The quantitative estimate of drug-likeness (QED) is 0.0953. The fourth-order valence-electron chi connectivity index (χ4n) is 3.76. The van der Waals surface area contributed by atoms with E-state index in [2.05, 4.69) is 105 Å². The maximum atomic E-state index is 12.3. The largest absolute Gasteiger partial charge is 0.466 e. The Morgan fingerprint density at radius 3 is 1.26 bits per heavy atom. The summed E-state index contributed by atoms with van der Waals surface area (Å²) in [6, 6.07) is 30.6. The molecule has 4 rings (SSSR count). The molecule has 0 atom stereocenters. The SMILES string of the molecule is C.C1CCOC1.COC(=O)C=C(CBr)CBr.COC(=O)C=P(c1ccccc1)(c1ccccc1)c1ccccc1.O=C(CBr)CBr. The molecular weight excluding hydrogens is 867 g/mol. The van der Waals surface area contributed by atoms with Crippen molar-refractivity contribution in [1.29, 1.82) is 0 Å². The highest BCUT2D eigenvalue weighted by Crippen LogP contribution is 2.43. The van der Waals surface area contributed by atoms with Crippen LogP contribution in [0.1, 0.15) is 20.3 Å². The second-order valence-electron chi connectivity index (χ2n) is 9.10. The predicted octanol–water partition coefficient (Wildman–Crippen LogP) is 7.61. The van der Waals surface area contributed by atoms with Gasteiger partial charge in [-0.05, 0) is 41.2 Å².